The Kier molecular flexibility index (Phi) is 4.06. The van der Waals surface area contributed by atoms with Gasteiger partial charge >= 0.3 is 13.1 Å². The van der Waals surface area contributed by atoms with Gasteiger partial charge in [0.1, 0.15) is 0 Å². The van der Waals surface area contributed by atoms with E-state index >= 15 is 0 Å². The molecule has 1 fully saturated rings. The van der Waals surface area contributed by atoms with Crippen molar-refractivity contribution < 1.29 is 23.2 Å². The van der Waals surface area contributed by atoms with Crippen LogP contribution in [0.4, 0.5) is 4.39 Å². The van der Waals surface area contributed by atoms with Crippen LogP contribution in [0.15, 0.2) is 23.7 Å². The number of carbonyl (C=O) groups is 1. The lowest BCUT2D eigenvalue weighted by Gasteiger charge is -2.32. The molecule has 21 heavy (non-hydrogen) atoms. The molecule has 2 rings (SSSR count). The maximum absolute atomic E-state index is 14.7. The predicted octanol–water partition coefficient (Wildman–Crippen LogP) is 2.78. The first-order valence-electron chi connectivity index (χ1n) is 7.22. The summed E-state index contributed by atoms with van der Waals surface area (Å²) in [5.41, 5.74) is -2.65. The third kappa shape index (κ3) is 2.92. The molecule has 1 aliphatic heterocycles. The molecule has 0 radical (unpaired) electrons. The molecular weight excluding hydrogens is 274 g/mol. The number of ether oxygens (including phenoxy) is 1. The van der Waals surface area contributed by atoms with Crippen LogP contribution in [0.2, 0.25) is 0 Å². The average molecular weight is 296 g/mol. The smallest absolute Gasteiger partial charge is 0.463 e. The lowest BCUT2D eigenvalue weighted by atomic mass is 9.73. The van der Waals surface area contributed by atoms with E-state index in [1.807, 2.05) is 27.7 Å². The minimum Gasteiger partial charge on any atom is -0.463 e. The number of hydrogen-bond acceptors (Lipinski definition) is 4. The maximum atomic E-state index is 14.7. The number of alkyl halides is 1. The van der Waals surface area contributed by atoms with Crippen LogP contribution < -0.4 is 0 Å². The van der Waals surface area contributed by atoms with Gasteiger partial charge in [0.2, 0.25) is 5.67 Å². The summed E-state index contributed by atoms with van der Waals surface area (Å²) in [6.07, 6.45) is 4.57. The first kappa shape index (κ1) is 16.2. The highest BCUT2D eigenvalue weighted by Gasteiger charge is 2.53. The van der Waals surface area contributed by atoms with Crippen LogP contribution in [-0.2, 0) is 18.8 Å². The molecule has 0 amide bonds. The Morgan fingerprint density at radius 1 is 1.33 bits per heavy atom. The topological polar surface area (TPSA) is 44.8 Å². The number of allylic oxidation sites excluding steroid dienone is 3. The zero-order valence-corrected chi connectivity index (χ0v) is 13.2. The van der Waals surface area contributed by atoms with E-state index < -0.39 is 30.0 Å². The molecule has 0 bridgehead atoms. The zero-order valence-electron chi connectivity index (χ0n) is 13.2. The van der Waals surface area contributed by atoms with Crippen LogP contribution in [0.1, 0.15) is 41.0 Å². The van der Waals surface area contributed by atoms with Crippen molar-refractivity contribution in [2.75, 3.05) is 6.61 Å². The number of halogens is 1. The summed E-state index contributed by atoms with van der Waals surface area (Å²) in [5.74, 6) is -0.872. The minimum absolute atomic E-state index is 0.0329. The Labute approximate surface area is 125 Å². The second kappa shape index (κ2) is 5.25. The largest absolute Gasteiger partial charge is 0.494 e. The molecule has 1 aliphatic carbocycles. The van der Waals surface area contributed by atoms with Gasteiger partial charge in [-0.2, -0.15) is 0 Å². The van der Waals surface area contributed by atoms with E-state index in [0.29, 0.717) is 5.47 Å². The third-order valence-electron chi connectivity index (χ3n) is 4.26. The summed E-state index contributed by atoms with van der Waals surface area (Å²) in [7, 11) is -0.684. The molecule has 0 spiro atoms. The van der Waals surface area contributed by atoms with Crippen molar-refractivity contribution in [3.05, 3.63) is 23.7 Å². The van der Waals surface area contributed by atoms with Gasteiger partial charge in [-0.15, -0.1) is 0 Å². The normalized spacial score (nSPS) is 30.2. The Bertz CT molecular complexity index is 482. The van der Waals surface area contributed by atoms with Gasteiger partial charge < -0.3 is 14.0 Å². The summed E-state index contributed by atoms with van der Waals surface area (Å²) in [6.45, 7) is 9.50. The second-order valence-corrected chi connectivity index (χ2v) is 6.42. The summed E-state index contributed by atoms with van der Waals surface area (Å²) in [6, 6.07) is 0. The molecule has 0 aromatic heterocycles. The van der Waals surface area contributed by atoms with Crippen LogP contribution >= 0.6 is 0 Å². The first-order valence-corrected chi connectivity index (χ1v) is 7.22. The van der Waals surface area contributed by atoms with Gasteiger partial charge in [0.05, 0.1) is 17.8 Å². The Hall–Kier alpha value is -1.14. The highest BCUT2D eigenvalue weighted by molar-refractivity contribution is 6.55. The minimum atomic E-state index is -2.15. The fourth-order valence-corrected chi connectivity index (χ4v) is 2.26. The van der Waals surface area contributed by atoms with E-state index in [0.717, 1.165) is 0 Å². The maximum Gasteiger partial charge on any atom is 0.494 e. The summed E-state index contributed by atoms with van der Waals surface area (Å²) < 4.78 is 31.3. The van der Waals surface area contributed by atoms with Gasteiger partial charge in [-0.25, -0.2) is 9.18 Å². The molecule has 1 unspecified atom stereocenters. The van der Waals surface area contributed by atoms with E-state index in [1.54, 1.807) is 19.1 Å². The van der Waals surface area contributed by atoms with Gasteiger partial charge in [0.15, 0.2) is 0 Å². The first-order chi connectivity index (χ1) is 9.61. The third-order valence-corrected chi connectivity index (χ3v) is 4.26. The Morgan fingerprint density at radius 2 is 1.90 bits per heavy atom. The fourth-order valence-electron chi connectivity index (χ4n) is 2.26. The molecule has 6 heteroatoms. The lowest BCUT2D eigenvalue weighted by Crippen LogP contribution is -2.41. The molecule has 1 saturated heterocycles. The van der Waals surface area contributed by atoms with E-state index in [4.69, 9.17) is 14.0 Å². The standard InChI is InChI=1S/C15H22BFO4/c1-6-19-12(18)15(17)9-7-8-11(10-15)16-20-13(2,3)14(4,5)21-16/h7-8,10H,6,9H2,1-5H3. The molecule has 0 saturated carbocycles. The van der Waals surface area contributed by atoms with E-state index in [2.05, 4.69) is 0 Å². The van der Waals surface area contributed by atoms with Crippen molar-refractivity contribution in [1.82, 2.24) is 0 Å². The molecule has 116 valence electrons. The molecule has 0 aromatic carbocycles. The second-order valence-electron chi connectivity index (χ2n) is 6.42. The van der Waals surface area contributed by atoms with Crippen molar-refractivity contribution in [2.45, 2.75) is 57.9 Å². The van der Waals surface area contributed by atoms with E-state index in [1.165, 1.54) is 6.08 Å². The Balaban J connectivity index is 2.23. The van der Waals surface area contributed by atoms with Crippen molar-refractivity contribution in [3.8, 4) is 0 Å². The van der Waals surface area contributed by atoms with Crippen molar-refractivity contribution in [3.63, 3.8) is 0 Å². The quantitative estimate of drug-likeness (QED) is 0.593. The Morgan fingerprint density at radius 3 is 2.43 bits per heavy atom. The number of rotatable bonds is 3. The van der Waals surface area contributed by atoms with Gasteiger partial charge in [0, 0.05) is 6.42 Å². The van der Waals surface area contributed by atoms with E-state index in [9.17, 15) is 9.18 Å². The summed E-state index contributed by atoms with van der Waals surface area (Å²) >= 11 is 0. The van der Waals surface area contributed by atoms with Crippen LogP contribution in [0, 0.1) is 0 Å². The van der Waals surface area contributed by atoms with Gasteiger partial charge in [-0.3, -0.25) is 0 Å². The highest BCUT2D eigenvalue weighted by Crippen LogP contribution is 2.40. The average Bonchev–Trinajstić information content (AvgIpc) is 2.59. The van der Waals surface area contributed by atoms with Crippen LogP contribution in [-0.4, -0.2) is 36.6 Å². The summed E-state index contributed by atoms with van der Waals surface area (Å²) in [5, 5.41) is 0. The van der Waals surface area contributed by atoms with Crippen molar-refractivity contribution in [2.24, 2.45) is 0 Å². The number of carbonyl (C=O) groups excluding carboxylic acids is 1. The molecule has 0 aromatic rings. The number of esters is 1. The van der Waals surface area contributed by atoms with Crippen LogP contribution in [0.25, 0.3) is 0 Å². The van der Waals surface area contributed by atoms with Gasteiger partial charge in [0.25, 0.3) is 0 Å². The van der Waals surface area contributed by atoms with Gasteiger partial charge in [-0.1, -0.05) is 12.2 Å². The molecule has 2 aliphatic rings. The monoisotopic (exact) mass is 296 g/mol. The van der Waals surface area contributed by atoms with Crippen molar-refractivity contribution in [1.29, 1.82) is 0 Å². The molecular formula is C15H22BFO4. The predicted molar refractivity (Wildman–Crippen MR) is 78.4 cm³/mol. The number of hydrogen-bond donors (Lipinski definition) is 0. The molecule has 4 nitrogen and oxygen atoms in total. The molecule has 1 heterocycles. The van der Waals surface area contributed by atoms with Gasteiger partial charge in [-0.05, 0) is 46.2 Å². The van der Waals surface area contributed by atoms with Crippen molar-refractivity contribution >= 4 is 13.1 Å². The fraction of sp³-hybridized carbons (Fsp3) is 0.667. The highest BCUT2D eigenvalue weighted by atomic mass is 19.1. The van der Waals surface area contributed by atoms with Crippen LogP contribution in [0.3, 0.4) is 0 Å². The zero-order chi connectivity index (χ0) is 15.9. The van der Waals surface area contributed by atoms with Crippen LogP contribution in [0.5, 0.6) is 0 Å². The lowest BCUT2D eigenvalue weighted by molar-refractivity contribution is -0.153. The molecule has 1 atom stereocenters. The SMILES string of the molecule is CCOC(=O)C1(F)C=C(B2OC(C)(C)C(C)(C)O2)C=CC1. The summed E-state index contributed by atoms with van der Waals surface area (Å²) in [4.78, 5) is 11.8. The van der Waals surface area contributed by atoms with E-state index in [-0.39, 0.29) is 13.0 Å². The molecule has 0 N–H and O–H groups in total.